The fourth-order valence-electron chi connectivity index (χ4n) is 3.77. The lowest BCUT2D eigenvalue weighted by Crippen LogP contribution is -2.20. The number of halogens is 3. The summed E-state index contributed by atoms with van der Waals surface area (Å²) in [6, 6.07) is 5.59. The van der Waals surface area contributed by atoms with Gasteiger partial charge in [-0.2, -0.15) is 18.3 Å². The van der Waals surface area contributed by atoms with E-state index in [1.165, 1.54) is 7.05 Å². The Kier molecular flexibility index (Phi) is 4.37. The van der Waals surface area contributed by atoms with Crippen LogP contribution in [-0.2, 0) is 31.5 Å². The van der Waals surface area contributed by atoms with Crippen LogP contribution in [0.25, 0.3) is 0 Å². The van der Waals surface area contributed by atoms with Crippen LogP contribution in [0.2, 0.25) is 0 Å². The van der Waals surface area contributed by atoms with E-state index in [2.05, 4.69) is 24.3 Å². The molecule has 0 aliphatic heterocycles. The molecule has 140 valence electrons. The minimum absolute atomic E-state index is 0.00389. The van der Waals surface area contributed by atoms with Crippen LogP contribution in [0.4, 0.5) is 18.9 Å². The van der Waals surface area contributed by atoms with E-state index in [4.69, 9.17) is 0 Å². The first-order valence-corrected chi connectivity index (χ1v) is 8.63. The number of nitrogens with one attached hydrogen (secondary N) is 1. The molecule has 1 heterocycles. The molecule has 1 aliphatic rings. The van der Waals surface area contributed by atoms with Crippen molar-refractivity contribution in [2.24, 2.45) is 7.05 Å². The van der Waals surface area contributed by atoms with Crippen LogP contribution in [0, 0.1) is 0 Å². The van der Waals surface area contributed by atoms with Crippen molar-refractivity contribution in [1.29, 1.82) is 0 Å². The quantitative estimate of drug-likeness (QED) is 0.872. The third-order valence-electron chi connectivity index (χ3n) is 5.15. The maximum atomic E-state index is 13.3. The predicted octanol–water partition coefficient (Wildman–Crippen LogP) is 4.48. The summed E-state index contributed by atoms with van der Waals surface area (Å²) in [6.45, 7) is 5.96. The molecule has 3 rings (SSSR count). The molecule has 0 spiro atoms. The molecule has 1 aromatic carbocycles. The third kappa shape index (κ3) is 2.99. The normalized spacial score (nSPS) is 15.8. The van der Waals surface area contributed by atoms with Crippen molar-refractivity contribution in [2.75, 3.05) is 5.32 Å². The van der Waals surface area contributed by atoms with E-state index in [0.717, 1.165) is 28.7 Å². The molecular formula is C19H22F3N3O. The maximum absolute atomic E-state index is 13.3. The Hall–Kier alpha value is -2.31. The Morgan fingerprint density at radius 3 is 2.65 bits per heavy atom. The first-order chi connectivity index (χ1) is 12.1. The number of alkyl halides is 3. The highest BCUT2D eigenvalue weighted by molar-refractivity contribution is 6.06. The van der Waals surface area contributed by atoms with Gasteiger partial charge in [-0.15, -0.1) is 0 Å². The maximum Gasteiger partial charge on any atom is 0.435 e. The van der Waals surface area contributed by atoms with Crippen molar-refractivity contribution < 1.29 is 18.0 Å². The summed E-state index contributed by atoms with van der Waals surface area (Å²) in [5.41, 5.74) is 1.45. The molecule has 0 saturated heterocycles. The highest BCUT2D eigenvalue weighted by Crippen LogP contribution is 2.41. The van der Waals surface area contributed by atoms with Crippen LogP contribution in [-0.4, -0.2) is 15.7 Å². The summed E-state index contributed by atoms with van der Waals surface area (Å²) in [7, 11) is 1.42. The van der Waals surface area contributed by atoms with Gasteiger partial charge in [0.1, 0.15) is 0 Å². The summed E-state index contributed by atoms with van der Waals surface area (Å²) in [6.07, 6.45) is -2.67. The number of benzene rings is 1. The zero-order valence-electron chi connectivity index (χ0n) is 15.3. The Morgan fingerprint density at radius 1 is 1.35 bits per heavy atom. The van der Waals surface area contributed by atoms with Gasteiger partial charge in [-0.25, -0.2) is 0 Å². The summed E-state index contributed by atoms with van der Waals surface area (Å²) in [4.78, 5) is 12.8. The van der Waals surface area contributed by atoms with E-state index in [9.17, 15) is 18.0 Å². The summed E-state index contributed by atoms with van der Waals surface area (Å²) >= 11 is 0. The van der Waals surface area contributed by atoms with Crippen LogP contribution in [0.3, 0.4) is 0 Å². The van der Waals surface area contributed by atoms with E-state index >= 15 is 0 Å². The van der Waals surface area contributed by atoms with Crippen molar-refractivity contribution in [3.63, 3.8) is 0 Å². The molecule has 0 bridgehead atoms. The molecule has 0 fully saturated rings. The predicted molar refractivity (Wildman–Crippen MR) is 93.3 cm³/mol. The molecule has 1 amide bonds. The van der Waals surface area contributed by atoms with Crippen LogP contribution >= 0.6 is 0 Å². The van der Waals surface area contributed by atoms with Crippen molar-refractivity contribution in [1.82, 2.24) is 9.78 Å². The largest absolute Gasteiger partial charge is 0.435 e. The molecule has 0 radical (unpaired) electrons. The number of anilines is 1. The average molecular weight is 365 g/mol. The molecule has 26 heavy (non-hydrogen) atoms. The van der Waals surface area contributed by atoms with E-state index in [1.54, 1.807) is 13.0 Å². The van der Waals surface area contributed by atoms with Crippen LogP contribution in [0.1, 0.15) is 60.1 Å². The minimum Gasteiger partial charge on any atom is -0.322 e. The van der Waals surface area contributed by atoms with Crippen LogP contribution < -0.4 is 5.32 Å². The zero-order valence-corrected chi connectivity index (χ0v) is 15.3. The number of carbonyl (C=O) groups is 1. The summed E-state index contributed by atoms with van der Waals surface area (Å²) < 4.78 is 41.2. The molecule has 0 saturated carbocycles. The minimum atomic E-state index is -4.68. The Morgan fingerprint density at radius 2 is 2.04 bits per heavy atom. The fourth-order valence-corrected chi connectivity index (χ4v) is 3.77. The van der Waals surface area contributed by atoms with Crippen molar-refractivity contribution in [3.05, 3.63) is 46.3 Å². The number of aromatic nitrogens is 2. The molecule has 0 atom stereocenters. The fraction of sp³-hybridized carbons (Fsp3) is 0.474. The van der Waals surface area contributed by atoms with E-state index < -0.39 is 23.3 Å². The SMILES string of the molecule is CCc1c(C(=O)Nc2cccc3c2CCC3(C)C)c(C(F)(F)F)nn1C. The van der Waals surface area contributed by atoms with Crippen molar-refractivity contribution in [3.8, 4) is 0 Å². The number of nitrogens with zero attached hydrogens (tertiary/aromatic N) is 2. The van der Waals surface area contributed by atoms with Gasteiger partial charge in [-0.1, -0.05) is 32.9 Å². The van der Waals surface area contributed by atoms with Gasteiger partial charge in [0.2, 0.25) is 0 Å². The third-order valence-corrected chi connectivity index (χ3v) is 5.15. The lowest BCUT2D eigenvalue weighted by atomic mass is 9.86. The van der Waals surface area contributed by atoms with E-state index in [0.29, 0.717) is 5.69 Å². The first kappa shape index (κ1) is 18.5. The smallest absolute Gasteiger partial charge is 0.322 e. The van der Waals surface area contributed by atoms with Crippen LogP contribution in [0.5, 0.6) is 0 Å². The molecule has 7 heteroatoms. The summed E-state index contributed by atoms with van der Waals surface area (Å²) in [5, 5.41) is 6.25. The lowest BCUT2D eigenvalue weighted by Gasteiger charge is -2.19. The van der Waals surface area contributed by atoms with Gasteiger partial charge in [0.25, 0.3) is 5.91 Å². The average Bonchev–Trinajstić information content (AvgIpc) is 3.05. The molecule has 1 N–H and O–H groups in total. The highest BCUT2D eigenvalue weighted by atomic mass is 19.4. The highest BCUT2D eigenvalue weighted by Gasteiger charge is 2.41. The number of aryl methyl sites for hydroxylation is 1. The van der Waals surface area contributed by atoms with Gasteiger partial charge in [0.05, 0.1) is 11.3 Å². The molecule has 0 unspecified atom stereocenters. The number of fused-ring (bicyclic) bond motifs is 1. The zero-order chi connectivity index (χ0) is 19.3. The molecule has 1 aromatic heterocycles. The summed E-state index contributed by atoms with van der Waals surface area (Å²) in [5.74, 6) is -0.764. The molecule has 2 aromatic rings. The topological polar surface area (TPSA) is 46.9 Å². The van der Waals surface area contributed by atoms with Crippen LogP contribution in [0.15, 0.2) is 18.2 Å². The number of hydrogen-bond acceptors (Lipinski definition) is 2. The Bertz CT molecular complexity index is 866. The molecule has 1 aliphatic carbocycles. The number of carbonyl (C=O) groups excluding carboxylic acids is 1. The van der Waals surface area contributed by atoms with Gasteiger partial charge in [0.15, 0.2) is 5.69 Å². The lowest BCUT2D eigenvalue weighted by molar-refractivity contribution is -0.141. The van der Waals surface area contributed by atoms with E-state index in [1.807, 2.05) is 12.1 Å². The molecular weight excluding hydrogens is 343 g/mol. The van der Waals surface area contributed by atoms with E-state index in [-0.39, 0.29) is 17.5 Å². The Labute approximate surface area is 150 Å². The molecule has 4 nitrogen and oxygen atoms in total. The van der Waals surface area contributed by atoms with Gasteiger partial charge >= 0.3 is 6.18 Å². The van der Waals surface area contributed by atoms with Gasteiger partial charge in [-0.3, -0.25) is 9.48 Å². The second kappa shape index (κ2) is 6.14. The monoisotopic (exact) mass is 365 g/mol. The first-order valence-electron chi connectivity index (χ1n) is 8.63. The second-order valence-corrected chi connectivity index (χ2v) is 7.31. The van der Waals surface area contributed by atoms with Gasteiger partial charge in [-0.05, 0) is 41.9 Å². The van der Waals surface area contributed by atoms with Gasteiger partial charge in [0, 0.05) is 12.7 Å². The van der Waals surface area contributed by atoms with Gasteiger partial charge < -0.3 is 5.32 Å². The second-order valence-electron chi connectivity index (χ2n) is 7.31. The van der Waals surface area contributed by atoms with Crippen molar-refractivity contribution >= 4 is 11.6 Å². The Balaban J connectivity index is 2.02. The van der Waals surface area contributed by atoms with Crippen molar-refractivity contribution in [2.45, 2.75) is 51.6 Å². The number of rotatable bonds is 3. The number of hydrogen-bond donors (Lipinski definition) is 1. The number of amides is 1. The standard InChI is InChI=1S/C19H22F3N3O/c1-5-14-15(16(19(20,21)22)24-25(14)4)17(26)23-13-8-6-7-12-11(13)9-10-18(12,2)3/h6-8H,5,9-10H2,1-4H3,(H,23,26).